The molecule has 0 aromatic heterocycles. The number of methoxy groups -OCH3 is 1. The molecule has 1 unspecified atom stereocenters. The molecule has 2 N–H and O–H groups in total. The summed E-state index contributed by atoms with van der Waals surface area (Å²) < 4.78 is 10.2. The van der Waals surface area contributed by atoms with Crippen molar-refractivity contribution in [3.63, 3.8) is 0 Å². The summed E-state index contributed by atoms with van der Waals surface area (Å²) >= 11 is 0. The van der Waals surface area contributed by atoms with Crippen LogP contribution in [-0.4, -0.2) is 30.7 Å². The van der Waals surface area contributed by atoms with E-state index in [1.54, 1.807) is 6.92 Å². The standard InChI is InChI=1S/C24H35NO5/c1-6-7-10-17(2)12-13-19(4)23(27)20-16-30-22(15-21(20)26)18(3)11-8-9-14-25-24(28)29-5/h9,12-15,18,26H,6-8,10-11,16H2,1-5H3,(H,25,28)/b14-9+,17-12+,19-13+. The Bertz CT molecular complexity index is 756. The lowest BCUT2D eigenvalue weighted by atomic mass is 9.97. The maximum Gasteiger partial charge on any atom is 0.410 e. The fourth-order valence-electron chi connectivity index (χ4n) is 2.84. The number of ether oxygens (including phenoxy) is 2. The van der Waals surface area contributed by atoms with E-state index in [0.717, 1.165) is 25.7 Å². The third kappa shape index (κ3) is 8.72. The molecular formula is C24H35NO5. The highest BCUT2D eigenvalue weighted by molar-refractivity contribution is 6.08. The topological polar surface area (TPSA) is 84.9 Å². The molecule has 0 spiro atoms. The maximum atomic E-state index is 12.7. The van der Waals surface area contributed by atoms with Crippen LogP contribution >= 0.6 is 0 Å². The van der Waals surface area contributed by atoms with Gasteiger partial charge >= 0.3 is 6.09 Å². The summed E-state index contributed by atoms with van der Waals surface area (Å²) in [5.41, 5.74) is 2.08. The Morgan fingerprint density at radius 3 is 2.70 bits per heavy atom. The zero-order valence-corrected chi connectivity index (χ0v) is 18.8. The lowest BCUT2D eigenvalue weighted by Crippen LogP contribution is -2.18. The lowest BCUT2D eigenvalue weighted by Gasteiger charge is -2.22. The number of aliphatic hydroxyl groups is 1. The van der Waals surface area contributed by atoms with Gasteiger partial charge in [0.2, 0.25) is 0 Å². The SMILES string of the molecule is CCCC/C(C)=C/C=C(\C)C(=O)C1=C(O)C=C(C(C)CC/C=C/NC(=O)OC)OC1. The number of carbonyl (C=O) groups excluding carboxylic acids is 2. The van der Waals surface area contributed by atoms with E-state index in [2.05, 4.69) is 23.9 Å². The zero-order chi connectivity index (χ0) is 22.5. The molecule has 166 valence electrons. The molecule has 1 amide bonds. The lowest BCUT2D eigenvalue weighted by molar-refractivity contribution is -0.113. The molecule has 30 heavy (non-hydrogen) atoms. The smallest absolute Gasteiger partial charge is 0.410 e. The average Bonchev–Trinajstić information content (AvgIpc) is 2.74. The molecule has 0 radical (unpaired) electrons. The van der Waals surface area contributed by atoms with Gasteiger partial charge in [-0.25, -0.2) is 4.79 Å². The van der Waals surface area contributed by atoms with Crippen molar-refractivity contribution in [2.45, 2.75) is 59.8 Å². The Labute approximate surface area is 180 Å². The Balaban J connectivity index is 2.70. The second-order valence-corrected chi connectivity index (χ2v) is 7.51. The van der Waals surface area contributed by atoms with Crippen molar-refractivity contribution in [3.8, 4) is 0 Å². The third-order valence-electron chi connectivity index (χ3n) is 4.90. The van der Waals surface area contributed by atoms with E-state index in [1.807, 2.05) is 25.2 Å². The van der Waals surface area contributed by atoms with Crippen LogP contribution in [0, 0.1) is 5.92 Å². The van der Waals surface area contributed by atoms with Crippen LogP contribution in [0.3, 0.4) is 0 Å². The molecule has 0 saturated carbocycles. The van der Waals surface area contributed by atoms with Crippen molar-refractivity contribution in [1.29, 1.82) is 0 Å². The first-order valence-corrected chi connectivity index (χ1v) is 10.4. The number of allylic oxidation sites excluding steroid dienone is 7. The summed E-state index contributed by atoms with van der Waals surface area (Å²) in [6, 6.07) is 0. The van der Waals surface area contributed by atoms with Crippen molar-refractivity contribution in [1.82, 2.24) is 5.32 Å². The normalized spacial score (nSPS) is 16.2. The summed E-state index contributed by atoms with van der Waals surface area (Å²) in [4.78, 5) is 23.6. The van der Waals surface area contributed by atoms with Gasteiger partial charge in [-0.3, -0.25) is 10.1 Å². The van der Waals surface area contributed by atoms with Crippen LogP contribution in [0.15, 0.2) is 58.7 Å². The van der Waals surface area contributed by atoms with Gasteiger partial charge in [0.05, 0.1) is 12.7 Å². The van der Waals surface area contributed by atoms with E-state index in [0.29, 0.717) is 17.8 Å². The van der Waals surface area contributed by atoms with E-state index in [4.69, 9.17) is 4.74 Å². The Hall–Kier alpha value is -2.76. The van der Waals surface area contributed by atoms with Gasteiger partial charge in [-0.15, -0.1) is 0 Å². The summed E-state index contributed by atoms with van der Waals surface area (Å²) in [6.07, 6.45) is 12.9. The minimum Gasteiger partial charge on any atom is -0.507 e. The first-order chi connectivity index (χ1) is 14.3. The molecule has 1 atom stereocenters. The fourth-order valence-corrected chi connectivity index (χ4v) is 2.84. The minimum atomic E-state index is -0.513. The summed E-state index contributed by atoms with van der Waals surface area (Å²) in [5, 5.41) is 12.9. The molecular weight excluding hydrogens is 382 g/mol. The summed E-state index contributed by atoms with van der Waals surface area (Å²) in [7, 11) is 1.31. The van der Waals surface area contributed by atoms with Gasteiger partial charge in [0.25, 0.3) is 0 Å². The molecule has 1 heterocycles. The van der Waals surface area contributed by atoms with Crippen LogP contribution in [0.1, 0.15) is 59.8 Å². The number of ketones is 1. The van der Waals surface area contributed by atoms with Crippen LogP contribution in [0.25, 0.3) is 0 Å². The highest BCUT2D eigenvalue weighted by atomic mass is 16.5. The number of rotatable bonds is 11. The van der Waals surface area contributed by atoms with E-state index < -0.39 is 6.09 Å². The van der Waals surface area contributed by atoms with Gasteiger partial charge in [0.15, 0.2) is 5.78 Å². The van der Waals surface area contributed by atoms with Crippen molar-refractivity contribution >= 4 is 11.9 Å². The summed E-state index contributed by atoms with van der Waals surface area (Å²) in [6.45, 7) is 8.01. The maximum absolute atomic E-state index is 12.7. The van der Waals surface area contributed by atoms with Gasteiger partial charge in [-0.1, -0.05) is 44.1 Å². The number of hydrogen-bond donors (Lipinski definition) is 2. The minimum absolute atomic E-state index is 0.0320. The molecule has 0 aliphatic carbocycles. The quantitative estimate of drug-likeness (QED) is 0.335. The fraction of sp³-hybridized carbons (Fsp3) is 0.500. The van der Waals surface area contributed by atoms with Gasteiger partial charge in [-0.2, -0.15) is 0 Å². The molecule has 1 rings (SSSR count). The van der Waals surface area contributed by atoms with Gasteiger partial charge < -0.3 is 14.6 Å². The highest BCUT2D eigenvalue weighted by Gasteiger charge is 2.23. The second-order valence-electron chi connectivity index (χ2n) is 7.51. The second kappa shape index (κ2) is 13.5. The monoisotopic (exact) mass is 417 g/mol. The largest absolute Gasteiger partial charge is 0.507 e. The molecule has 0 aromatic carbocycles. The highest BCUT2D eigenvalue weighted by Crippen LogP contribution is 2.26. The van der Waals surface area contributed by atoms with Gasteiger partial charge in [0.1, 0.15) is 18.1 Å². The van der Waals surface area contributed by atoms with Crippen molar-refractivity contribution in [2.24, 2.45) is 5.92 Å². The number of Topliss-reactive ketones (excluding diaryl/α,β-unsaturated/α-hetero) is 1. The number of unbranched alkanes of at least 4 members (excludes halogenated alkanes) is 1. The van der Waals surface area contributed by atoms with Crippen LogP contribution in [0.4, 0.5) is 4.79 Å². The van der Waals surface area contributed by atoms with Crippen LogP contribution < -0.4 is 5.32 Å². The number of carbonyl (C=O) groups is 2. The Morgan fingerprint density at radius 1 is 1.33 bits per heavy atom. The molecule has 6 heteroatoms. The van der Waals surface area contributed by atoms with E-state index in [-0.39, 0.29) is 29.6 Å². The van der Waals surface area contributed by atoms with E-state index in [1.165, 1.54) is 25.0 Å². The van der Waals surface area contributed by atoms with Gasteiger partial charge in [-0.05, 0) is 45.1 Å². The van der Waals surface area contributed by atoms with Crippen LogP contribution in [0.5, 0.6) is 0 Å². The number of hydrogen-bond acceptors (Lipinski definition) is 5. The first kappa shape index (κ1) is 25.3. The molecule has 1 aliphatic heterocycles. The first-order valence-electron chi connectivity index (χ1n) is 10.4. The number of alkyl carbamates (subject to hydrolysis) is 1. The Kier molecular flexibility index (Phi) is 11.3. The molecule has 0 bridgehead atoms. The van der Waals surface area contributed by atoms with Crippen molar-refractivity contribution in [3.05, 3.63) is 58.7 Å². The van der Waals surface area contributed by atoms with Crippen LogP contribution in [-0.2, 0) is 14.3 Å². The van der Waals surface area contributed by atoms with Crippen molar-refractivity contribution < 1.29 is 24.2 Å². The molecule has 6 nitrogen and oxygen atoms in total. The molecule has 0 saturated heterocycles. The van der Waals surface area contributed by atoms with Crippen molar-refractivity contribution in [2.75, 3.05) is 13.7 Å². The van der Waals surface area contributed by atoms with Crippen LogP contribution in [0.2, 0.25) is 0 Å². The van der Waals surface area contributed by atoms with E-state index in [9.17, 15) is 14.7 Å². The number of aliphatic hydroxyl groups excluding tert-OH is 1. The van der Waals surface area contributed by atoms with Gasteiger partial charge in [0, 0.05) is 18.2 Å². The van der Waals surface area contributed by atoms with E-state index >= 15 is 0 Å². The predicted molar refractivity (Wildman–Crippen MR) is 119 cm³/mol. The average molecular weight is 418 g/mol. The number of nitrogens with one attached hydrogen (secondary N) is 1. The molecule has 1 aliphatic rings. The predicted octanol–water partition coefficient (Wildman–Crippen LogP) is 5.65. The Morgan fingerprint density at radius 2 is 2.07 bits per heavy atom. The third-order valence-corrected chi connectivity index (χ3v) is 4.90. The molecule has 0 fully saturated rings. The summed E-state index contributed by atoms with van der Waals surface area (Å²) in [5.74, 6) is 0.477. The number of amides is 1. The molecule has 0 aromatic rings. The zero-order valence-electron chi connectivity index (χ0n) is 18.8.